The van der Waals surface area contributed by atoms with Crippen LogP contribution in [0.5, 0.6) is 0 Å². The van der Waals surface area contributed by atoms with E-state index in [4.69, 9.17) is 4.74 Å². The number of imidazole rings is 1. The Kier molecular flexibility index (Phi) is 5.33. The number of pyridine rings is 1. The number of carbonyl (C=O) groups excluding carboxylic acids is 1. The number of nitrogens with one attached hydrogen (secondary N) is 1. The smallest absolute Gasteiger partial charge is 0.251 e. The molecule has 1 N–H and O–H groups in total. The fraction of sp³-hybridized carbons (Fsp3) is 0.500. The molecule has 7 nitrogen and oxygen atoms in total. The largest absolute Gasteiger partial charge is 0.381 e. The normalized spacial score (nSPS) is 16.6. The Morgan fingerprint density at radius 3 is 2.80 bits per heavy atom. The molecule has 1 amide bonds. The van der Waals surface area contributed by atoms with Crippen LogP contribution in [0.1, 0.15) is 30.3 Å². The van der Waals surface area contributed by atoms with Gasteiger partial charge in [0.05, 0.1) is 6.04 Å². The van der Waals surface area contributed by atoms with Gasteiger partial charge in [-0.1, -0.05) is 0 Å². The Bertz CT molecular complexity index is 790. The molecule has 3 rings (SSSR count). The van der Waals surface area contributed by atoms with Gasteiger partial charge in [-0.25, -0.2) is 4.98 Å². The Morgan fingerprint density at radius 1 is 1.40 bits per heavy atom. The van der Waals surface area contributed by atoms with Crippen LogP contribution in [0.15, 0.2) is 35.5 Å². The predicted octanol–water partition coefficient (Wildman–Crippen LogP) is 1.17. The third kappa shape index (κ3) is 4.17. The average molecular weight is 344 g/mol. The maximum Gasteiger partial charge on any atom is 0.251 e. The van der Waals surface area contributed by atoms with E-state index in [9.17, 15) is 9.59 Å². The molecule has 0 saturated carbocycles. The van der Waals surface area contributed by atoms with E-state index in [0.717, 1.165) is 24.2 Å². The summed E-state index contributed by atoms with van der Waals surface area (Å²) in [6.45, 7) is 3.25. The zero-order valence-corrected chi connectivity index (χ0v) is 14.6. The number of ether oxygens (including phenoxy) is 1. The third-order valence-electron chi connectivity index (χ3n) is 4.66. The molecule has 0 radical (unpaired) electrons. The molecule has 0 aliphatic carbocycles. The first-order valence-corrected chi connectivity index (χ1v) is 8.56. The number of hydrogen-bond donors (Lipinski definition) is 1. The number of aromatic nitrogens is 3. The van der Waals surface area contributed by atoms with Gasteiger partial charge in [0.1, 0.15) is 12.4 Å². The molecule has 2 aromatic heterocycles. The summed E-state index contributed by atoms with van der Waals surface area (Å²) >= 11 is 0. The van der Waals surface area contributed by atoms with Crippen molar-refractivity contribution in [2.24, 2.45) is 13.0 Å². The van der Waals surface area contributed by atoms with Crippen molar-refractivity contribution in [2.75, 3.05) is 13.2 Å². The molecule has 1 saturated heterocycles. The lowest BCUT2D eigenvalue weighted by Gasteiger charge is -2.30. The second-order valence-electron chi connectivity index (χ2n) is 6.56. The molecule has 1 unspecified atom stereocenters. The van der Waals surface area contributed by atoms with E-state index in [2.05, 4.69) is 10.3 Å². The second-order valence-corrected chi connectivity index (χ2v) is 6.56. The molecule has 1 aliphatic heterocycles. The van der Waals surface area contributed by atoms with Gasteiger partial charge in [0, 0.05) is 44.9 Å². The van der Waals surface area contributed by atoms with Gasteiger partial charge in [-0.2, -0.15) is 0 Å². The quantitative estimate of drug-likeness (QED) is 0.883. The average Bonchev–Trinajstić information content (AvgIpc) is 3.02. The van der Waals surface area contributed by atoms with Crippen molar-refractivity contribution >= 4 is 5.91 Å². The first-order chi connectivity index (χ1) is 12.0. The molecule has 1 atom stereocenters. The summed E-state index contributed by atoms with van der Waals surface area (Å²) in [5.41, 5.74) is 0.713. The summed E-state index contributed by atoms with van der Waals surface area (Å²) in [5.74, 6) is 0.912. The van der Waals surface area contributed by atoms with Crippen LogP contribution >= 0.6 is 0 Å². The fourth-order valence-corrected chi connectivity index (χ4v) is 3.23. The van der Waals surface area contributed by atoms with Crippen LogP contribution in [0.4, 0.5) is 0 Å². The highest BCUT2D eigenvalue weighted by Crippen LogP contribution is 2.29. The first kappa shape index (κ1) is 17.4. The number of aryl methyl sites for hydroxylation is 2. The molecular weight excluding hydrogens is 320 g/mol. The van der Waals surface area contributed by atoms with Crippen LogP contribution in [-0.2, 0) is 23.1 Å². The lowest BCUT2D eigenvalue weighted by atomic mass is 9.91. The summed E-state index contributed by atoms with van der Waals surface area (Å²) in [5, 5.41) is 3.08. The molecule has 134 valence electrons. The highest BCUT2D eigenvalue weighted by atomic mass is 16.5. The lowest BCUT2D eigenvalue weighted by Crippen LogP contribution is -2.40. The van der Waals surface area contributed by atoms with Gasteiger partial charge in [-0.05, 0) is 37.3 Å². The van der Waals surface area contributed by atoms with Gasteiger partial charge in [-0.15, -0.1) is 0 Å². The van der Waals surface area contributed by atoms with Crippen molar-refractivity contribution in [3.05, 3.63) is 52.5 Å². The molecule has 1 fully saturated rings. The van der Waals surface area contributed by atoms with Crippen molar-refractivity contribution in [2.45, 2.75) is 32.4 Å². The van der Waals surface area contributed by atoms with Crippen molar-refractivity contribution in [1.82, 2.24) is 19.4 Å². The van der Waals surface area contributed by atoms with Crippen LogP contribution in [-0.4, -0.2) is 33.2 Å². The predicted molar refractivity (Wildman–Crippen MR) is 93.1 cm³/mol. The number of rotatable bonds is 5. The third-order valence-corrected chi connectivity index (χ3v) is 4.66. The van der Waals surface area contributed by atoms with E-state index in [1.54, 1.807) is 12.4 Å². The molecule has 0 aromatic carbocycles. The minimum Gasteiger partial charge on any atom is -0.381 e. The van der Waals surface area contributed by atoms with Gasteiger partial charge >= 0.3 is 0 Å². The van der Waals surface area contributed by atoms with Crippen molar-refractivity contribution in [3.8, 4) is 0 Å². The van der Waals surface area contributed by atoms with Gasteiger partial charge in [-0.3, -0.25) is 9.59 Å². The number of amides is 1. The fourth-order valence-electron chi connectivity index (χ4n) is 3.23. The van der Waals surface area contributed by atoms with Crippen molar-refractivity contribution in [3.63, 3.8) is 0 Å². The number of hydrogen-bond acceptors (Lipinski definition) is 4. The molecule has 3 heterocycles. The van der Waals surface area contributed by atoms with Gasteiger partial charge in [0.25, 0.3) is 5.56 Å². The highest BCUT2D eigenvalue weighted by molar-refractivity contribution is 5.76. The monoisotopic (exact) mass is 344 g/mol. The summed E-state index contributed by atoms with van der Waals surface area (Å²) in [4.78, 5) is 29.0. The maximum atomic E-state index is 12.6. The van der Waals surface area contributed by atoms with Crippen LogP contribution in [0.3, 0.4) is 0 Å². The second kappa shape index (κ2) is 7.65. The van der Waals surface area contributed by atoms with E-state index in [-0.39, 0.29) is 30.0 Å². The topological polar surface area (TPSA) is 78.2 Å². The molecule has 7 heteroatoms. The van der Waals surface area contributed by atoms with Crippen LogP contribution < -0.4 is 10.9 Å². The molecule has 25 heavy (non-hydrogen) atoms. The minimum atomic E-state index is -0.189. The zero-order valence-electron chi connectivity index (χ0n) is 14.6. The zero-order chi connectivity index (χ0) is 17.8. The SMILES string of the molecule is Cc1ccn(CC(=O)NC(c2nccn2C)C2CCOCC2)c(=O)c1. The van der Waals surface area contributed by atoms with E-state index < -0.39 is 0 Å². The van der Waals surface area contributed by atoms with E-state index in [1.165, 1.54) is 10.6 Å². The summed E-state index contributed by atoms with van der Waals surface area (Å²) in [6.07, 6.45) is 7.02. The van der Waals surface area contributed by atoms with Crippen molar-refractivity contribution < 1.29 is 9.53 Å². The van der Waals surface area contributed by atoms with Gasteiger partial charge in [0.2, 0.25) is 5.91 Å². The molecule has 0 spiro atoms. The molecule has 2 aromatic rings. The summed E-state index contributed by atoms with van der Waals surface area (Å²) in [7, 11) is 1.92. The lowest BCUT2D eigenvalue weighted by molar-refractivity contribution is -0.123. The Morgan fingerprint density at radius 2 is 2.16 bits per heavy atom. The van der Waals surface area contributed by atoms with Crippen LogP contribution in [0.2, 0.25) is 0 Å². The Labute approximate surface area is 146 Å². The number of carbonyl (C=O) groups is 1. The standard InChI is InChI=1S/C18H24N4O3/c1-13-3-7-22(16(24)11-13)12-15(23)20-17(14-4-9-25-10-5-14)18-19-6-8-21(18)2/h3,6-8,11,14,17H,4-5,9-10,12H2,1-2H3,(H,20,23). The number of nitrogens with zero attached hydrogens (tertiary/aromatic N) is 3. The first-order valence-electron chi connectivity index (χ1n) is 8.56. The van der Waals surface area contributed by atoms with Crippen molar-refractivity contribution in [1.29, 1.82) is 0 Å². The Hall–Kier alpha value is -2.41. The minimum absolute atomic E-state index is 0.00323. The van der Waals surface area contributed by atoms with E-state index >= 15 is 0 Å². The van der Waals surface area contributed by atoms with E-state index in [1.807, 2.05) is 30.8 Å². The molecular formula is C18H24N4O3. The summed E-state index contributed by atoms with van der Waals surface area (Å²) in [6, 6.07) is 3.17. The molecule has 1 aliphatic rings. The van der Waals surface area contributed by atoms with Crippen LogP contribution in [0, 0.1) is 12.8 Å². The maximum absolute atomic E-state index is 12.6. The van der Waals surface area contributed by atoms with Gasteiger partial charge < -0.3 is 19.2 Å². The summed E-state index contributed by atoms with van der Waals surface area (Å²) < 4.78 is 8.79. The van der Waals surface area contributed by atoms with Gasteiger partial charge in [0.15, 0.2) is 0 Å². The highest BCUT2D eigenvalue weighted by Gasteiger charge is 2.29. The van der Waals surface area contributed by atoms with E-state index in [0.29, 0.717) is 13.2 Å². The molecule has 0 bridgehead atoms. The van der Waals surface area contributed by atoms with Crippen LogP contribution in [0.25, 0.3) is 0 Å². The Balaban J connectivity index is 1.76.